The van der Waals surface area contributed by atoms with Crippen LogP contribution in [0.2, 0.25) is 0 Å². The van der Waals surface area contributed by atoms with Gasteiger partial charge in [0.05, 0.1) is 6.61 Å². The fourth-order valence-electron chi connectivity index (χ4n) is 3.32. The van der Waals surface area contributed by atoms with Crippen LogP contribution in [-0.2, 0) is 19.1 Å². The molecular weight excluding hydrogens is 388 g/mol. The van der Waals surface area contributed by atoms with Crippen molar-refractivity contribution in [2.45, 2.75) is 122 Å². The number of hydrogen-bond acceptors (Lipinski definition) is 7. The molecule has 0 aromatic rings. The number of hydrogen-bond donors (Lipinski definition) is 3. The summed E-state index contributed by atoms with van der Waals surface area (Å²) < 4.78 is 4.34. The molecule has 0 aliphatic heterocycles. The summed E-state index contributed by atoms with van der Waals surface area (Å²) in [5.41, 5.74) is -2.40. The fraction of sp³-hybridized carbons (Fsp3) is 0.870. The van der Waals surface area contributed by atoms with Gasteiger partial charge in [-0.2, -0.15) is 0 Å². The van der Waals surface area contributed by atoms with E-state index in [1.807, 2.05) is 0 Å². The summed E-state index contributed by atoms with van der Waals surface area (Å²) in [5, 5.41) is 28.2. The number of rotatable bonds is 19. The number of aliphatic hydroxyl groups excluding tert-OH is 2. The van der Waals surface area contributed by atoms with Crippen LogP contribution in [0.5, 0.6) is 0 Å². The lowest BCUT2D eigenvalue weighted by Crippen LogP contribution is -2.48. The van der Waals surface area contributed by atoms with Crippen LogP contribution in [0.3, 0.4) is 0 Å². The normalized spacial score (nSPS) is 14.2. The number of Topliss-reactive ketones (excluding diaryl/α,β-unsaturated/α-hetero) is 1. The second-order valence-corrected chi connectivity index (χ2v) is 8.17. The van der Waals surface area contributed by atoms with Crippen molar-refractivity contribution in [2.75, 3.05) is 6.61 Å². The van der Waals surface area contributed by atoms with Crippen LogP contribution in [0.1, 0.15) is 110 Å². The van der Waals surface area contributed by atoms with E-state index in [1.54, 1.807) is 0 Å². The van der Waals surface area contributed by atoms with Crippen LogP contribution in [0.15, 0.2) is 0 Å². The topological polar surface area (TPSA) is 121 Å². The minimum absolute atomic E-state index is 0.137. The van der Waals surface area contributed by atoms with E-state index < -0.39 is 36.0 Å². The van der Waals surface area contributed by atoms with Gasteiger partial charge in [-0.25, -0.2) is 9.59 Å². The number of carbonyl (C=O) groups excluding carboxylic acids is 3. The minimum Gasteiger partial charge on any atom is -0.393 e. The molecule has 2 unspecified atom stereocenters. The molecule has 3 N–H and O–H groups in total. The van der Waals surface area contributed by atoms with Crippen LogP contribution in [-0.4, -0.2) is 51.4 Å². The molecule has 0 saturated heterocycles. The van der Waals surface area contributed by atoms with Crippen molar-refractivity contribution in [3.63, 3.8) is 0 Å². The summed E-state index contributed by atoms with van der Waals surface area (Å²) in [4.78, 5) is 35.1. The van der Waals surface area contributed by atoms with Crippen LogP contribution in [0.4, 0.5) is 0 Å². The van der Waals surface area contributed by atoms with Gasteiger partial charge in [0.15, 0.2) is 11.9 Å². The number of carbonyl (C=O) groups is 3. The predicted molar refractivity (Wildman–Crippen MR) is 115 cm³/mol. The van der Waals surface area contributed by atoms with E-state index in [0.717, 1.165) is 32.6 Å². The highest BCUT2D eigenvalue weighted by atomic mass is 16.6. The summed E-state index contributed by atoms with van der Waals surface area (Å²) in [6.07, 6.45) is 14.1. The standard InChI is InChI=1S/C23H42O7/c1-3-4-5-6-7-8-9-10-11-12-13-14-15-16-17-23(29,19(2)25)22(28)30-21(27)20(26)18-24/h20,24,26,29H,3-18H2,1-2H3. The van der Waals surface area contributed by atoms with Gasteiger partial charge in [0.1, 0.15) is 0 Å². The predicted octanol–water partition coefficient (Wildman–Crippen LogP) is 3.60. The molecular formula is C23H42O7. The molecule has 0 saturated carbocycles. The number of unbranched alkanes of at least 4 members (excludes halogenated alkanes) is 13. The summed E-state index contributed by atoms with van der Waals surface area (Å²) in [7, 11) is 0. The van der Waals surface area contributed by atoms with Crippen molar-refractivity contribution in [2.24, 2.45) is 0 Å². The summed E-state index contributed by atoms with van der Waals surface area (Å²) in [5.74, 6) is -3.60. The summed E-state index contributed by atoms with van der Waals surface area (Å²) in [6, 6.07) is 0. The molecule has 0 aliphatic carbocycles. The lowest BCUT2D eigenvalue weighted by atomic mass is 9.92. The Morgan fingerprint density at radius 1 is 0.800 bits per heavy atom. The molecule has 30 heavy (non-hydrogen) atoms. The third-order valence-corrected chi connectivity index (χ3v) is 5.45. The van der Waals surface area contributed by atoms with E-state index in [1.165, 1.54) is 57.8 Å². The molecule has 7 heteroatoms. The van der Waals surface area contributed by atoms with E-state index >= 15 is 0 Å². The Hall–Kier alpha value is -1.31. The first-order valence-corrected chi connectivity index (χ1v) is 11.6. The maximum Gasteiger partial charge on any atom is 0.353 e. The molecule has 0 fully saturated rings. The van der Waals surface area contributed by atoms with Gasteiger partial charge in [-0.3, -0.25) is 4.79 Å². The Kier molecular flexibility index (Phi) is 16.6. The zero-order chi connectivity index (χ0) is 22.8. The van der Waals surface area contributed by atoms with E-state index in [2.05, 4.69) is 11.7 Å². The van der Waals surface area contributed by atoms with Crippen molar-refractivity contribution in [1.29, 1.82) is 0 Å². The average molecular weight is 431 g/mol. The smallest absolute Gasteiger partial charge is 0.353 e. The lowest BCUT2D eigenvalue weighted by molar-refractivity contribution is -0.181. The van der Waals surface area contributed by atoms with Crippen molar-refractivity contribution >= 4 is 17.7 Å². The molecule has 0 bridgehead atoms. The molecule has 0 rings (SSSR count). The van der Waals surface area contributed by atoms with E-state index in [9.17, 15) is 19.5 Å². The van der Waals surface area contributed by atoms with Crippen LogP contribution in [0, 0.1) is 0 Å². The molecule has 0 spiro atoms. The van der Waals surface area contributed by atoms with Crippen LogP contribution >= 0.6 is 0 Å². The maximum absolute atomic E-state index is 12.0. The largest absolute Gasteiger partial charge is 0.393 e. The Bertz CT molecular complexity index is 492. The second-order valence-electron chi connectivity index (χ2n) is 8.17. The number of ether oxygens (including phenoxy) is 1. The van der Waals surface area contributed by atoms with Crippen molar-refractivity contribution in [1.82, 2.24) is 0 Å². The van der Waals surface area contributed by atoms with E-state index in [0.29, 0.717) is 6.42 Å². The Labute approximate surface area is 181 Å². The van der Waals surface area contributed by atoms with E-state index in [4.69, 9.17) is 10.2 Å². The Morgan fingerprint density at radius 3 is 1.57 bits per heavy atom. The third-order valence-electron chi connectivity index (χ3n) is 5.45. The summed E-state index contributed by atoms with van der Waals surface area (Å²) in [6.45, 7) is 2.37. The van der Waals surface area contributed by atoms with Gasteiger partial charge in [0.2, 0.25) is 5.60 Å². The molecule has 7 nitrogen and oxygen atoms in total. The number of esters is 2. The fourth-order valence-corrected chi connectivity index (χ4v) is 3.32. The van der Waals surface area contributed by atoms with Gasteiger partial charge >= 0.3 is 11.9 Å². The van der Waals surface area contributed by atoms with Crippen LogP contribution < -0.4 is 0 Å². The van der Waals surface area contributed by atoms with Crippen molar-refractivity contribution in [3.05, 3.63) is 0 Å². The SMILES string of the molecule is CCCCCCCCCCCCCCCCC(O)(C(C)=O)C(=O)OC(=O)C(O)CO. The molecule has 2 atom stereocenters. The lowest BCUT2D eigenvalue weighted by Gasteiger charge is -2.22. The van der Waals surface area contributed by atoms with Crippen molar-refractivity contribution < 1.29 is 34.4 Å². The average Bonchev–Trinajstić information content (AvgIpc) is 2.72. The Balaban J connectivity index is 3.90. The molecule has 0 aliphatic rings. The highest BCUT2D eigenvalue weighted by molar-refractivity contribution is 6.08. The van der Waals surface area contributed by atoms with Gasteiger partial charge in [0, 0.05) is 0 Å². The van der Waals surface area contributed by atoms with Gasteiger partial charge in [-0.15, -0.1) is 0 Å². The second kappa shape index (κ2) is 17.4. The van der Waals surface area contributed by atoms with Gasteiger partial charge < -0.3 is 20.1 Å². The van der Waals surface area contributed by atoms with Crippen LogP contribution in [0.25, 0.3) is 0 Å². The van der Waals surface area contributed by atoms with E-state index in [-0.39, 0.29) is 6.42 Å². The first-order valence-electron chi connectivity index (χ1n) is 11.6. The summed E-state index contributed by atoms with van der Waals surface area (Å²) >= 11 is 0. The Morgan fingerprint density at radius 2 is 1.20 bits per heavy atom. The molecule has 176 valence electrons. The maximum atomic E-state index is 12.0. The van der Waals surface area contributed by atoms with Gasteiger partial charge in [-0.1, -0.05) is 90.4 Å². The molecule has 0 aromatic heterocycles. The third kappa shape index (κ3) is 12.4. The monoisotopic (exact) mass is 430 g/mol. The number of aliphatic hydroxyl groups is 3. The molecule has 0 amide bonds. The highest BCUT2D eigenvalue weighted by Gasteiger charge is 2.43. The number of ketones is 1. The molecule has 0 radical (unpaired) electrons. The molecule has 0 heterocycles. The van der Waals surface area contributed by atoms with Crippen molar-refractivity contribution in [3.8, 4) is 0 Å². The first-order chi connectivity index (χ1) is 14.3. The zero-order valence-electron chi connectivity index (χ0n) is 18.9. The highest BCUT2D eigenvalue weighted by Crippen LogP contribution is 2.20. The zero-order valence-corrected chi connectivity index (χ0v) is 18.9. The first kappa shape index (κ1) is 28.7. The van der Waals surface area contributed by atoms with Gasteiger partial charge in [0.25, 0.3) is 0 Å². The van der Waals surface area contributed by atoms with Gasteiger partial charge in [-0.05, 0) is 19.8 Å². The minimum atomic E-state index is -2.40. The quantitative estimate of drug-likeness (QED) is 0.163. The molecule has 0 aromatic carbocycles.